The maximum atomic E-state index is 12.6. The van der Waals surface area contributed by atoms with Gasteiger partial charge < -0.3 is 9.26 Å². The fourth-order valence-corrected chi connectivity index (χ4v) is 4.15. The van der Waals surface area contributed by atoms with Gasteiger partial charge in [-0.25, -0.2) is 13.1 Å². The van der Waals surface area contributed by atoms with Gasteiger partial charge in [0.05, 0.1) is 12.6 Å². The molecule has 3 rings (SSSR count). The topological polar surface area (TPSA) is 81.4 Å². The normalized spacial score (nSPS) is 18.1. The van der Waals surface area contributed by atoms with Crippen LogP contribution in [0.3, 0.4) is 0 Å². The van der Waals surface area contributed by atoms with Gasteiger partial charge in [-0.3, -0.25) is 0 Å². The summed E-state index contributed by atoms with van der Waals surface area (Å²) >= 11 is 0. The molecule has 2 heterocycles. The molecule has 0 radical (unpaired) electrons. The summed E-state index contributed by atoms with van der Waals surface area (Å²) in [5.41, 5.74) is 1.21. The lowest BCUT2D eigenvalue weighted by molar-refractivity contribution is 0.263. The summed E-state index contributed by atoms with van der Waals surface area (Å²) in [6.07, 6.45) is 0.583. The minimum atomic E-state index is -3.68. The van der Waals surface area contributed by atoms with E-state index in [1.165, 1.54) is 0 Å². The van der Waals surface area contributed by atoms with Crippen molar-refractivity contribution in [3.8, 4) is 5.75 Å². The van der Waals surface area contributed by atoms with Crippen LogP contribution in [0.5, 0.6) is 5.75 Å². The highest BCUT2D eigenvalue weighted by Gasteiger charge is 2.30. The molecule has 1 atom stereocenters. The lowest BCUT2D eigenvalue weighted by Crippen LogP contribution is -2.32. The van der Waals surface area contributed by atoms with Crippen molar-refractivity contribution in [3.63, 3.8) is 0 Å². The van der Waals surface area contributed by atoms with Crippen LogP contribution in [0.25, 0.3) is 0 Å². The van der Waals surface area contributed by atoms with Crippen molar-refractivity contribution in [1.82, 2.24) is 9.88 Å². The predicted octanol–water partition coefficient (Wildman–Crippen LogP) is 2.09. The van der Waals surface area contributed by atoms with Crippen molar-refractivity contribution in [2.75, 3.05) is 6.61 Å². The minimum Gasteiger partial charge on any atom is -0.493 e. The standard InChI is InChI=1S/C14H16N2O4S/c1-9-14(10(2)20-15-9)21(17,18)16-12-7-8-19-13-6-4-3-5-11(12)13/h3-6,12,16H,7-8H2,1-2H3. The first-order valence-electron chi connectivity index (χ1n) is 6.66. The fourth-order valence-electron chi connectivity index (χ4n) is 2.57. The number of rotatable bonds is 3. The Hall–Kier alpha value is -1.86. The molecule has 1 aromatic carbocycles. The van der Waals surface area contributed by atoms with Gasteiger partial charge in [0.2, 0.25) is 10.0 Å². The summed E-state index contributed by atoms with van der Waals surface area (Å²) in [5, 5.41) is 3.70. The van der Waals surface area contributed by atoms with E-state index in [-0.39, 0.29) is 10.9 Å². The summed E-state index contributed by atoms with van der Waals surface area (Å²) in [6, 6.07) is 7.13. The molecule has 6 nitrogen and oxygen atoms in total. The van der Waals surface area contributed by atoms with Crippen LogP contribution < -0.4 is 9.46 Å². The van der Waals surface area contributed by atoms with Gasteiger partial charge >= 0.3 is 0 Å². The highest BCUT2D eigenvalue weighted by atomic mass is 32.2. The van der Waals surface area contributed by atoms with Crippen LogP contribution in [0.2, 0.25) is 0 Å². The molecule has 1 N–H and O–H groups in total. The van der Waals surface area contributed by atoms with Crippen molar-refractivity contribution in [1.29, 1.82) is 0 Å². The largest absolute Gasteiger partial charge is 0.493 e. The molecule has 1 aliphatic rings. The molecule has 21 heavy (non-hydrogen) atoms. The second-order valence-electron chi connectivity index (χ2n) is 5.00. The minimum absolute atomic E-state index is 0.117. The molecule has 7 heteroatoms. The first-order valence-corrected chi connectivity index (χ1v) is 8.14. The number of aryl methyl sites for hydroxylation is 2. The van der Waals surface area contributed by atoms with E-state index < -0.39 is 10.0 Å². The lowest BCUT2D eigenvalue weighted by atomic mass is 10.0. The van der Waals surface area contributed by atoms with E-state index in [0.717, 1.165) is 11.3 Å². The summed E-state index contributed by atoms with van der Waals surface area (Å²) in [6.45, 7) is 3.68. The lowest BCUT2D eigenvalue weighted by Gasteiger charge is -2.26. The average molecular weight is 308 g/mol. The van der Waals surface area contributed by atoms with Gasteiger partial charge in [-0.15, -0.1) is 0 Å². The van der Waals surface area contributed by atoms with E-state index >= 15 is 0 Å². The monoisotopic (exact) mass is 308 g/mol. The number of hydrogen-bond acceptors (Lipinski definition) is 5. The van der Waals surface area contributed by atoms with Crippen LogP contribution in [-0.2, 0) is 10.0 Å². The second-order valence-corrected chi connectivity index (χ2v) is 6.65. The zero-order valence-corrected chi connectivity index (χ0v) is 12.6. The zero-order valence-electron chi connectivity index (χ0n) is 11.8. The smallest absolute Gasteiger partial charge is 0.246 e. The molecule has 1 unspecified atom stereocenters. The summed E-state index contributed by atoms with van der Waals surface area (Å²) in [5.74, 6) is 1.01. The third kappa shape index (κ3) is 2.54. The van der Waals surface area contributed by atoms with Crippen LogP contribution in [0.15, 0.2) is 33.7 Å². The first kappa shape index (κ1) is 14.1. The Labute approximate surface area is 123 Å². The number of para-hydroxylation sites is 1. The van der Waals surface area contributed by atoms with Gasteiger partial charge in [0.25, 0.3) is 0 Å². The number of hydrogen-bond donors (Lipinski definition) is 1. The van der Waals surface area contributed by atoms with Crippen molar-refractivity contribution in [3.05, 3.63) is 41.3 Å². The third-order valence-corrected chi connectivity index (χ3v) is 5.21. The number of aromatic nitrogens is 1. The molecule has 0 bridgehead atoms. The van der Waals surface area contributed by atoms with E-state index in [1.807, 2.05) is 24.3 Å². The number of sulfonamides is 1. The van der Waals surface area contributed by atoms with Gasteiger partial charge in [-0.1, -0.05) is 23.4 Å². The molecular formula is C14H16N2O4S. The van der Waals surface area contributed by atoms with E-state index in [9.17, 15) is 8.42 Å². The molecule has 0 amide bonds. The number of benzene rings is 1. The summed E-state index contributed by atoms with van der Waals surface area (Å²) in [4.78, 5) is 0.117. The molecule has 0 saturated carbocycles. The Kier molecular flexibility index (Phi) is 3.46. The average Bonchev–Trinajstić information content (AvgIpc) is 2.79. The van der Waals surface area contributed by atoms with Crippen molar-refractivity contribution < 1.29 is 17.7 Å². The molecule has 1 aromatic heterocycles. The predicted molar refractivity (Wildman–Crippen MR) is 75.6 cm³/mol. The fraction of sp³-hybridized carbons (Fsp3) is 0.357. The molecule has 0 aliphatic carbocycles. The highest BCUT2D eigenvalue weighted by Crippen LogP contribution is 2.33. The van der Waals surface area contributed by atoms with E-state index in [0.29, 0.717) is 24.5 Å². The van der Waals surface area contributed by atoms with Crippen molar-refractivity contribution >= 4 is 10.0 Å². The van der Waals surface area contributed by atoms with Gasteiger partial charge in [-0.05, 0) is 19.9 Å². The summed E-state index contributed by atoms with van der Waals surface area (Å²) in [7, 11) is -3.68. The molecule has 1 aliphatic heterocycles. The van der Waals surface area contributed by atoms with E-state index in [1.54, 1.807) is 13.8 Å². The Morgan fingerprint density at radius 3 is 2.76 bits per heavy atom. The van der Waals surface area contributed by atoms with Crippen molar-refractivity contribution in [2.45, 2.75) is 31.2 Å². The summed E-state index contributed by atoms with van der Waals surface area (Å²) < 4.78 is 38.3. The molecule has 112 valence electrons. The Bertz CT molecular complexity index is 748. The highest BCUT2D eigenvalue weighted by molar-refractivity contribution is 7.89. The van der Waals surface area contributed by atoms with Gasteiger partial charge in [0.1, 0.15) is 16.3 Å². The van der Waals surface area contributed by atoms with E-state index in [2.05, 4.69) is 9.88 Å². The Morgan fingerprint density at radius 2 is 2.05 bits per heavy atom. The van der Waals surface area contributed by atoms with E-state index in [4.69, 9.17) is 9.26 Å². The molecule has 0 fully saturated rings. The van der Waals surface area contributed by atoms with Crippen LogP contribution >= 0.6 is 0 Å². The quantitative estimate of drug-likeness (QED) is 0.939. The maximum absolute atomic E-state index is 12.6. The van der Waals surface area contributed by atoms with Gasteiger partial charge in [0, 0.05) is 12.0 Å². The second kappa shape index (κ2) is 5.16. The molecule has 2 aromatic rings. The maximum Gasteiger partial charge on any atom is 0.246 e. The number of ether oxygens (including phenoxy) is 1. The van der Waals surface area contributed by atoms with Gasteiger partial charge in [0.15, 0.2) is 5.76 Å². The molecule has 0 saturated heterocycles. The zero-order chi connectivity index (χ0) is 15.0. The van der Waals surface area contributed by atoms with Gasteiger partial charge in [-0.2, -0.15) is 0 Å². The van der Waals surface area contributed by atoms with Crippen LogP contribution in [0, 0.1) is 13.8 Å². The third-order valence-electron chi connectivity index (χ3n) is 3.49. The Balaban J connectivity index is 1.94. The van der Waals surface area contributed by atoms with Crippen molar-refractivity contribution in [2.24, 2.45) is 0 Å². The van der Waals surface area contributed by atoms with Crippen LogP contribution in [0.4, 0.5) is 0 Å². The number of fused-ring (bicyclic) bond motifs is 1. The number of nitrogens with zero attached hydrogens (tertiary/aromatic N) is 1. The van der Waals surface area contributed by atoms with Crippen LogP contribution in [0.1, 0.15) is 29.5 Å². The first-order chi connectivity index (χ1) is 9.99. The molecule has 0 spiro atoms. The molecular weight excluding hydrogens is 292 g/mol. The SMILES string of the molecule is Cc1noc(C)c1S(=O)(=O)NC1CCOc2ccccc21. The van der Waals surface area contributed by atoms with Crippen LogP contribution in [-0.4, -0.2) is 20.2 Å². The number of nitrogens with one attached hydrogen (secondary N) is 1. The Morgan fingerprint density at radius 1 is 1.29 bits per heavy atom.